The predicted octanol–water partition coefficient (Wildman–Crippen LogP) is 1.40. The molecule has 1 aliphatic heterocycles. The monoisotopic (exact) mass is 295 g/mol. The van der Waals surface area contributed by atoms with E-state index in [9.17, 15) is 14.7 Å². The lowest BCUT2D eigenvalue weighted by molar-refractivity contribution is -0.146. The number of amides is 1. The number of hydrogen-bond acceptors (Lipinski definition) is 3. The summed E-state index contributed by atoms with van der Waals surface area (Å²) >= 11 is 5.76. The van der Waals surface area contributed by atoms with Crippen molar-refractivity contribution in [3.63, 3.8) is 0 Å². The number of nitrogens with zero attached hydrogens (tertiary/aromatic N) is 1. The number of carbonyl (C=O) groups excluding carboxylic acids is 1. The second kappa shape index (κ2) is 6.07. The Kier molecular flexibility index (Phi) is 4.42. The van der Waals surface area contributed by atoms with E-state index in [1.807, 2.05) is 0 Å². The average molecular weight is 296 g/mol. The standard InChI is InChI=1S/C14H14ClNO4/c15-10-4-1-9(2-5-10)3-6-13(18)16-8-11(17)7-12(16)14(19)20/h1-6,11-12,17H,7-8H2,(H,19,20)/b6-3+. The van der Waals surface area contributed by atoms with Gasteiger partial charge in [0.25, 0.3) is 0 Å². The number of carbonyl (C=O) groups is 2. The van der Waals surface area contributed by atoms with Crippen LogP contribution in [0.4, 0.5) is 0 Å². The fraction of sp³-hybridized carbons (Fsp3) is 0.286. The molecule has 0 aliphatic carbocycles. The highest BCUT2D eigenvalue weighted by molar-refractivity contribution is 6.30. The minimum atomic E-state index is -1.10. The molecule has 1 aromatic carbocycles. The summed E-state index contributed by atoms with van der Waals surface area (Å²) in [5.74, 6) is -1.53. The lowest BCUT2D eigenvalue weighted by atomic mass is 10.2. The Morgan fingerprint density at radius 2 is 1.95 bits per heavy atom. The molecule has 5 nitrogen and oxygen atoms in total. The highest BCUT2D eigenvalue weighted by Crippen LogP contribution is 2.19. The molecule has 0 bridgehead atoms. The number of aliphatic hydroxyl groups is 1. The molecule has 20 heavy (non-hydrogen) atoms. The van der Waals surface area contributed by atoms with Crippen molar-refractivity contribution in [2.45, 2.75) is 18.6 Å². The third-order valence-electron chi connectivity index (χ3n) is 3.14. The molecule has 2 N–H and O–H groups in total. The molecule has 1 fully saturated rings. The van der Waals surface area contributed by atoms with Crippen molar-refractivity contribution in [2.24, 2.45) is 0 Å². The van der Waals surface area contributed by atoms with Crippen LogP contribution in [0.25, 0.3) is 6.08 Å². The van der Waals surface area contributed by atoms with Crippen molar-refractivity contribution in [3.05, 3.63) is 40.9 Å². The number of benzene rings is 1. The maximum absolute atomic E-state index is 12.0. The molecule has 1 aromatic rings. The topological polar surface area (TPSA) is 77.8 Å². The Bertz CT molecular complexity index is 541. The lowest BCUT2D eigenvalue weighted by Crippen LogP contribution is -2.39. The summed E-state index contributed by atoms with van der Waals surface area (Å²) in [6, 6.07) is 5.93. The Morgan fingerprint density at radius 1 is 1.30 bits per heavy atom. The van der Waals surface area contributed by atoms with Gasteiger partial charge in [0, 0.05) is 24.1 Å². The third-order valence-corrected chi connectivity index (χ3v) is 3.39. The smallest absolute Gasteiger partial charge is 0.326 e. The van der Waals surface area contributed by atoms with Gasteiger partial charge in [0.05, 0.1) is 6.10 Å². The van der Waals surface area contributed by atoms with Crippen molar-refractivity contribution in [2.75, 3.05) is 6.54 Å². The van der Waals surface area contributed by atoms with Crippen LogP contribution < -0.4 is 0 Å². The summed E-state index contributed by atoms with van der Waals surface area (Å²) in [4.78, 5) is 24.2. The highest BCUT2D eigenvalue weighted by Gasteiger charge is 2.37. The summed E-state index contributed by atoms with van der Waals surface area (Å²) < 4.78 is 0. The van der Waals surface area contributed by atoms with Gasteiger partial charge in [-0.15, -0.1) is 0 Å². The first-order valence-corrected chi connectivity index (χ1v) is 6.50. The highest BCUT2D eigenvalue weighted by atomic mass is 35.5. The zero-order valence-electron chi connectivity index (χ0n) is 10.6. The molecule has 0 spiro atoms. The molecule has 0 saturated carbocycles. The van der Waals surface area contributed by atoms with E-state index in [0.717, 1.165) is 5.56 Å². The van der Waals surface area contributed by atoms with Gasteiger partial charge in [-0.3, -0.25) is 4.79 Å². The Labute approximate surface area is 121 Å². The number of aliphatic carboxylic acids is 1. The predicted molar refractivity (Wildman–Crippen MR) is 74.2 cm³/mol. The SMILES string of the molecule is O=C(O)C1CC(O)CN1C(=O)/C=C/c1ccc(Cl)cc1. The van der Waals surface area contributed by atoms with Crippen LogP contribution in [0.3, 0.4) is 0 Å². The lowest BCUT2D eigenvalue weighted by Gasteiger charge is -2.19. The molecule has 1 amide bonds. The Morgan fingerprint density at radius 3 is 2.55 bits per heavy atom. The van der Waals surface area contributed by atoms with Crippen LogP contribution in [0.15, 0.2) is 30.3 Å². The van der Waals surface area contributed by atoms with Crippen LogP contribution in [0.2, 0.25) is 5.02 Å². The van der Waals surface area contributed by atoms with Crippen LogP contribution in [-0.4, -0.2) is 45.7 Å². The normalized spacial score (nSPS) is 22.4. The second-order valence-corrected chi connectivity index (χ2v) is 5.06. The number of carboxylic acids is 1. The molecule has 106 valence electrons. The molecule has 1 aliphatic rings. The van der Waals surface area contributed by atoms with Gasteiger partial charge >= 0.3 is 5.97 Å². The Balaban J connectivity index is 2.07. The van der Waals surface area contributed by atoms with Crippen molar-refractivity contribution in [1.29, 1.82) is 0 Å². The molecule has 2 atom stereocenters. The number of hydrogen-bond donors (Lipinski definition) is 2. The Hall–Kier alpha value is -1.85. The van der Waals surface area contributed by atoms with Gasteiger partial charge in [0.1, 0.15) is 6.04 Å². The quantitative estimate of drug-likeness (QED) is 0.826. The average Bonchev–Trinajstić information content (AvgIpc) is 2.80. The van der Waals surface area contributed by atoms with Gasteiger partial charge in [-0.05, 0) is 23.8 Å². The first kappa shape index (κ1) is 14.6. The number of β-amino-alcohol motifs (C(OH)–C–C–N with tert-alkyl or cyclic N) is 1. The number of rotatable bonds is 3. The summed E-state index contributed by atoms with van der Waals surface area (Å²) in [7, 11) is 0. The molecule has 2 rings (SSSR count). The molecule has 0 aromatic heterocycles. The fourth-order valence-electron chi connectivity index (χ4n) is 2.13. The maximum Gasteiger partial charge on any atom is 0.326 e. The summed E-state index contributed by atoms with van der Waals surface area (Å²) in [5, 5.41) is 19.1. The molecule has 1 heterocycles. The fourth-order valence-corrected chi connectivity index (χ4v) is 2.25. The maximum atomic E-state index is 12.0. The van der Waals surface area contributed by atoms with E-state index in [2.05, 4.69) is 0 Å². The molecular formula is C14H14ClNO4. The zero-order chi connectivity index (χ0) is 14.7. The van der Waals surface area contributed by atoms with Crippen molar-refractivity contribution in [3.8, 4) is 0 Å². The number of aliphatic hydroxyl groups excluding tert-OH is 1. The van der Waals surface area contributed by atoms with E-state index in [4.69, 9.17) is 16.7 Å². The number of carboxylic acid groups (broad SMARTS) is 1. The van der Waals surface area contributed by atoms with E-state index in [1.165, 1.54) is 11.0 Å². The van der Waals surface area contributed by atoms with Gasteiger partial charge in [0.2, 0.25) is 5.91 Å². The van der Waals surface area contributed by atoms with Crippen LogP contribution in [0.1, 0.15) is 12.0 Å². The van der Waals surface area contributed by atoms with Gasteiger partial charge in [-0.25, -0.2) is 4.79 Å². The molecule has 0 radical (unpaired) electrons. The van der Waals surface area contributed by atoms with E-state index >= 15 is 0 Å². The minimum absolute atomic E-state index is 0.0424. The van der Waals surface area contributed by atoms with Crippen molar-refractivity contribution >= 4 is 29.6 Å². The molecule has 2 unspecified atom stereocenters. The molecule has 6 heteroatoms. The number of likely N-dealkylation sites (tertiary alicyclic amines) is 1. The largest absolute Gasteiger partial charge is 0.480 e. The first-order valence-electron chi connectivity index (χ1n) is 6.12. The van der Waals surface area contributed by atoms with Gasteiger partial charge in [-0.1, -0.05) is 23.7 Å². The summed E-state index contributed by atoms with van der Waals surface area (Å²) in [6.07, 6.45) is 2.17. The van der Waals surface area contributed by atoms with Crippen LogP contribution in [0.5, 0.6) is 0 Å². The summed E-state index contributed by atoms with van der Waals surface area (Å²) in [5.41, 5.74) is 0.786. The van der Waals surface area contributed by atoms with Gasteiger partial charge in [-0.2, -0.15) is 0 Å². The second-order valence-electron chi connectivity index (χ2n) is 4.62. The van der Waals surface area contributed by atoms with Crippen LogP contribution >= 0.6 is 11.6 Å². The van der Waals surface area contributed by atoms with Crippen LogP contribution in [-0.2, 0) is 9.59 Å². The van der Waals surface area contributed by atoms with E-state index < -0.39 is 24.0 Å². The molecular weight excluding hydrogens is 282 g/mol. The van der Waals surface area contributed by atoms with Gasteiger partial charge < -0.3 is 15.1 Å². The number of halogens is 1. The van der Waals surface area contributed by atoms with Crippen molar-refractivity contribution in [1.82, 2.24) is 4.90 Å². The van der Waals surface area contributed by atoms with E-state index in [0.29, 0.717) is 5.02 Å². The molecule has 1 saturated heterocycles. The van der Waals surface area contributed by atoms with E-state index in [1.54, 1.807) is 30.3 Å². The van der Waals surface area contributed by atoms with Crippen molar-refractivity contribution < 1.29 is 19.8 Å². The zero-order valence-corrected chi connectivity index (χ0v) is 11.3. The third kappa shape index (κ3) is 3.37. The van der Waals surface area contributed by atoms with Gasteiger partial charge in [0.15, 0.2) is 0 Å². The summed E-state index contributed by atoms with van der Waals surface area (Å²) in [6.45, 7) is 0.0424. The minimum Gasteiger partial charge on any atom is -0.480 e. The van der Waals surface area contributed by atoms with E-state index in [-0.39, 0.29) is 13.0 Å². The van der Waals surface area contributed by atoms with Crippen LogP contribution in [0, 0.1) is 0 Å². The first-order chi connectivity index (χ1) is 9.47.